The van der Waals surface area contributed by atoms with Gasteiger partial charge in [0.2, 0.25) is 5.91 Å². The van der Waals surface area contributed by atoms with Gasteiger partial charge in [-0.2, -0.15) is 0 Å². The molecule has 4 rings (SSSR count). The lowest BCUT2D eigenvalue weighted by Gasteiger charge is -2.37. The van der Waals surface area contributed by atoms with Gasteiger partial charge in [0.25, 0.3) is 0 Å². The van der Waals surface area contributed by atoms with Crippen molar-refractivity contribution < 1.29 is 4.79 Å². The molecule has 4 nitrogen and oxygen atoms in total. The minimum absolute atomic E-state index is 0.258. The van der Waals surface area contributed by atoms with E-state index in [9.17, 15) is 4.79 Å². The van der Waals surface area contributed by atoms with E-state index in [2.05, 4.69) is 54.5 Å². The van der Waals surface area contributed by atoms with E-state index in [1.54, 1.807) is 22.7 Å². The topological polar surface area (TPSA) is 36.4 Å². The Bertz CT molecular complexity index is 986. The van der Waals surface area contributed by atoms with Crippen molar-refractivity contribution in [1.82, 2.24) is 9.88 Å². The second kappa shape index (κ2) is 8.67. The fourth-order valence-corrected chi connectivity index (χ4v) is 5.65. The highest BCUT2D eigenvalue weighted by atomic mass is 32.1. The van der Waals surface area contributed by atoms with Gasteiger partial charge < -0.3 is 9.80 Å². The average molecular weight is 426 g/mol. The van der Waals surface area contributed by atoms with Gasteiger partial charge in [0, 0.05) is 43.2 Å². The second-order valence-corrected chi connectivity index (χ2v) is 9.80. The van der Waals surface area contributed by atoms with Crippen LogP contribution in [0.2, 0.25) is 0 Å². The predicted molar refractivity (Wildman–Crippen MR) is 123 cm³/mol. The van der Waals surface area contributed by atoms with E-state index in [0.717, 1.165) is 43.3 Å². The number of anilines is 1. The number of nitrogens with zero attached hydrogens (tertiary/aromatic N) is 3. The van der Waals surface area contributed by atoms with Crippen LogP contribution in [0, 0.1) is 20.8 Å². The highest BCUT2D eigenvalue weighted by molar-refractivity contribution is 7.15. The second-order valence-electron chi connectivity index (χ2n) is 7.57. The maximum absolute atomic E-state index is 12.8. The summed E-state index contributed by atoms with van der Waals surface area (Å²) >= 11 is 3.43. The molecule has 1 aliphatic heterocycles. The molecule has 152 valence electrons. The Balaban J connectivity index is 1.35. The molecule has 0 spiro atoms. The Labute approximate surface area is 180 Å². The summed E-state index contributed by atoms with van der Waals surface area (Å²) in [6.07, 6.45) is 1.33. The largest absolute Gasteiger partial charge is 0.368 e. The average Bonchev–Trinajstić information content (AvgIpc) is 3.38. The standard InChI is InChI=1S/C23H27N3OS2/c1-16-6-4-7-19(17(16)2)25-11-13-26(14-12-25)22(27)10-9-21-23(24-18(3)29-21)20-8-5-15-28-20/h4-8,15H,9-14H2,1-3H3. The molecular weight excluding hydrogens is 398 g/mol. The van der Waals surface area contributed by atoms with Gasteiger partial charge in [-0.1, -0.05) is 18.2 Å². The first kappa shape index (κ1) is 20.1. The van der Waals surface area contributed by atoms with Crippen LogP contribution in [-0.4, -0.2) is 42.0 Å². The smallest absolute Gasteiger partial charge is 0.223 e. The Kier molecular flexibility index (Phi) is 6.01. The molecule has 0 saturated carbocycles. The van der Waals surface area contributed by atoms with Crippen LogP contribution in [0.3, 0.4) is 0 Å². The lowest BCUT2D eigenvalue weighted by atomic mass is 10.1. The summed E-state index contributed by atoms with van der Waals surface area (Å²) in [6, 6.07) is 10.6. The van der Waals surface area contributed by atoms with Crippen molar-refractivity contribution in [3.05, 3.63) is 56.7 Å². The summed E-state index contributed by atoms with van der Waals surface area (Å²) in [5, 5.41) is 3.15. The fraction of sp³-hybridized carbons (Fsp3) is 0.391. The van der Waals surface area contributed by atoms with Crippen LogP contribution in [0.15, 0.2) is 35.7 Å². The molecule has 1 aliphatic rings. The number of thiophene rings is 1. The first-order valence-corrected chi connectivity index (χ1v) is 11.8. The van der Waals surface area contributed by atoms with Gasteiger partial charge >= 0.3 is 0 Å². The maximum atomic E-state index is 12.8. The van der Waals surface area contributed by atoms with Crippen LogP contribution in [-0.2, 0) is 11.2 Å². The van der Waals surface area contributed by atoms with Crippen molar-refractivity contribution in [2.75, 3.05) is 31.1 Å². The number of amides is 1. The molecule has 0 atom stereocenters. The minimum atomic E-state index is 0.258. The van der Waals surface area contributed by atoms with Gasteiger partial charge in [-0.25, -0.2) is 4.98 Å². The van der Waals surface area contributed by atoms with Crippen molar-refractivity contribution >= 4 is 34.3 Å². The van der Waals surface area contributed by atoms with Crippen LogP contribution in [0.1, 0.15) is 27.4 Å². The van der Waals surface area contributed by atoms with E-state index in [1.165, 1.54) is 26.6 Å². The van der Waals surface area contributed by atoms with Crippen molar-refractivity contribution in [3.63, 3.8) is 0 Å². The summed E-state index contributed by atoms with van der Waals surface area (Å²) in [6.45, 7) is 9.78. The van der Waals surface area contributed by atoms with Crippen molar-refractivity contribution in [2.45, 2.75) is 33.6 Å². The van der Waals surface area contributed by atoms with Gasteiger partial charge in [-0.3, -0.25) is 4.79 Å². The third-order valence-electron chi connectivity index (χ3n) is 5.67. The normalized spacial score (nSPS) is 14.4. The summed E-state index contributed by atoms with van der Waals surface area (Å²) in [4.78, 5) is 24.4. The monoisotopic (exact) mass is 425 g/mol. The highest BCUT2D eigenvalue weighted by Gasteiger charge is 2.23. The quantitative estimate of drug-likeness (QED) is 0.572. The molecule has 0 radical (unpaired) electrons. The van der Waals surface area contributed by atoms with Crippen molar-refractivity contribution in [1.29, 1.82) is 0 Å². The number of piperazine rings is 1. The number of hydrogen-bond acceptors (Lipinski definition) is 5. The van der Waals surface area contributed by atoms with E-state index in [-0.39, 0.29) is 5.91 Å². The Hall–Kier alpha value is -2.18. The van der Waals surface area contributed by atoms with Crippen molar-refractivity contribution in [2.24, 2.45) is 0 Å². The Morgan fingerprint density at radius 2 is 1.86 bits per heavy atom. The Morgan fingerprint density at radius 1 is 1.07 bits per heavy atom. The zero-order valence-corrected chi connectivity index (χ0v) is 18.9. The fourth-order valence-electron chi connectivity index (χ4n) is 3.90. The number of benzene rings is 1. The van der Waals surface area contributed by atoms with Crippen LogP contribution in [0.25, 0.3) is 10.6 Å². The van der Waals surface area contributed by atoms with E-state index in [0.29, 0.717) is 6.42 Å². The van der Waals surface area contributed by atoms with E-state index in [1.807, 2.05) is 11.8 Å². The molecule has 1 fully saturated rings. The van der Waals surface area contributed by atoms with Gasteiger partial charge in [0.1, 0.15) is 0 Å². The minimum Gasteiger partial charge on any atom is -0.368 e. The molecule has 2 aromatic heterocycles. The molecule has 1 aromatic carbocycles. The zero-order valence-electron chi connectivity index (χ0n) is 17.3. The number of aromatic nitrogens is 1. The summed E-state index contributed by atoms with van der Waals surface area (Å²) in [5.74, 6) is 0.258. The van der Waals surface area contributed by atoms with Crippen LogP contribution < -0.4 is 4.90 Å². The third kappa shape index (κ3) is 4.38. The van der Waals surface area contributed by atoms with Crippen LogP contribution in [0.5, 0.6) is 0 Å². The molecule has 0 aliphatic carbocycles. The third-order valence-corrected chi connectivity index (χ3v) is 7.58. The molecule has 6 heteroatoms. The Morgan fingerprint density at radius 3 is 2.59 bits per heavy atom. The van der Waals surface area contributed by atoms with Crippen molar-refractivity contribution in [3.8, 4) is 10.6 Å². The number of carbonyl (C=O) groups excluding carboxylic acids is 1. The molecule has 0 unspecified atom stereocenters. The molecule has 1 saturated heterocycles. The summed E-state index contributed by atoms with van der Waals surface area (Å²) in [5.41, 5.74) is 5.03. The SMILES string of the molecule is Cc1nc(-c2cccs2)c(CCC(=O)N2CCN(c3cccc(C)c3C)CC2)s1. The maximum Gasteiger partial charge on any atom is 0.223 e. The number of hydrogen-bond donors (Lipinski definition) is 0. The first-order valence-electron chi connectivity index (χ1n) is 10.1. The highest BCUT2D eigenvalue weighted by Crippen LogP contribution is 2.32. The number of aryl methyl sites for hydroxylation is 3. The summed E-state index contributed by atoms with van der Waals surface area (Å²) < 4.78 is 0. The van der Waals surface area contributed by atoms with Gasteiger partial charge in [-0.05, 0) is 55.8 Å². The van der Waals surface area contributed by atoms with Gasteiger partial charge in [-0.15, -0.1) is 22.7 Å². The number of carbonyl (C=O) groups is 1. The van der Waals surface area contributed by atoms with Crippen LogP contribution >= 0.6 is 22.7 Å². The predicted octanol–water partition coefficient (Wildman–Crippen LogP) is 5.08. The van der Waals surface area contributed by atoms with E-state index in [4.69, 9.17) is 4.98 Å². The summed E-state index contributed by atoms with van der Waals surface area (Å²) in [7, 11) is 0. The van der Waals surface area contributed by atoms with Crippen LogP contribution in [0.4, 0.5) is 5.69 Å². The molecular formula is C23H27N3OS2. The van der Waals surface area contributed by atoms with E-state index >= 15 is 0 Å². The molecule has 1 amide bonds. The first-order chi connectivity index (χ1) is 14.0. The number of rotatable bonds is 5. The number of thiazole rings is 1. The van der Waals surface area contributed by atoms with Gasteiger partial charge in [0.05, 0.1) is 15.6 Å². The molecule has 29 heavy (non-hydrogen) atoms. The lowest BCUT2D eigenvalue weighted by Crippen LogP contribution is -2.49. The zero-order chi connectivity index (χ0) is 20.4. The molecule has 3 aromatic rings. The lowest BCUT2D eigenvalue weighted by molar-refractivity contribution is -0.131. The van der Waals surface area contributed by atoms with E-state index < -0.39 is 0 Å². The molecule has 3 heterocycles. The molecule has 0 N–H and O–H groups in total. The van der Waals surface area contributed by atoms with Gasteiger partial charge in [0.15, 0.2) is 0 Å². The molecule has 0 bridgehead atoms.